The first kappa shape index (κ1) is 25.3. The van der Waals surface area contributed by atoms with Crippen LogP contribution in [0, 0.1) is 0 Å². The Morgan fingerprint density at radius 3 is 2.59 bits per heavy atom. The zero-order valence-electron chi connectivity index (χ0n) is 22.6. The van der Waals surface area contributed by atoms with Crippen LogP contribution in [0.3, 0.4) is 0 Å². The average molecular weight is 527 g/mol. The molecular formula is C29H34N8O2. The molecule has 202 valence electrons. The summed E-state index contributed by atoms with van der Waals surface area (Å²) in [7, 11) is 5.78. The molecule has 0 amide bonds. The van der Waals surface area contributed by atoms with E-state index < -0.39 is 0 Å². The Bertz CT molecular complexity index is 1570. The van der Waals surface area contributed by atoms with E-state index in [1.54, 1.807) is 7.11 Å². The van der Waals surface area contributed by atoms with Gasteiger partial charge in [0.1, 0.15) is 12.3 Å². The van der Waals surface area contributed by atoms with Gasteiger partial charge in [-0.25, -0.2) is 0 Å². The number of hydrogen-bond donors (Lipinski definition) is 2. The number of anilines is 2. The Morgan fingerprint density at radius 1 is 0.974 bits per heavy atom. The van der Waals surface area contributed by atoms with Crippen LogP contribution in [0.5, 0.6) is 5.88 Å². The number of H-pyrrole nitrogens is 1. The molecule has 0 bridgehead atoms. The molecule has 10 heteroatoms. The van der Waals surface area contributed by atoms with Gasteiger partial charge in [-0.3, -0.25) is 9.58 Å². The lowest BCUT2D eigenvalue weighted by Gasteiger charge is -2.32. The van der Waals surface area contributed by atoms with E-state index in [0.717, 1.165) is 65.8 Å². The quantitative estimate of drug-likeness (QED) is 0.278. The van der Waals surface area contributed by atoms with Crippen molar-refractivity contribution in [2.24, 2.45) is 7.05 Å². The van der Waals surface area contributed by atoms with Gasteiger partial charge in [0.05, 0.1) is 23.7 Å². The third-order valence-electron chi connectivity index (χ3n) is 7.29. The highest BCUT2D eigenvalue weighted by molar-refractivity contribution is 5.99. The maximum atomic E-state index is 6.10. The summed E-state index contributed by atoms with van der Waals surface area (Å²) >= 11 is 0. The first-order chi connectivity index (χ1) is 19.1. The minimum atomic E-state index is 0.384. The average Bonchev–Trinajstić information content (AvgIpc) is 3.54. The zero-order chi connectivity index (χ0) is 26.8. The summed E-state index contributed by atoms with van der Waals surface area (Å²) in [5, 5.41) is 9.63. The van der Waals surface area contributed by atoms with Crippen LogP contribution in [-0.4, -0.2) is 88.1 Å². The Morgan fingerprint density at radius 2 is 1.79 bits per heavy atom. The van der Waals surface area contributed by atoms with Crippen molar-refractivity contribution in [3.05, 3.63) is 60.4 Å². The molecule has 3 aromatic heterocycles. The van der Waals surface area contributed by atoms with Gasteiger partial charge in [0, 0.05) is 69.7 Å². The predicted molar refractivity (Wildman–Crippen MR) is 153 cm³/mol. The van der Waals surface area contributed by atoms with Crippen molar-refractivity contribution in [3.63, 3.8) is 0 Å². The third kappa shape index (κ3) is 5.44. The molecule has 5 aromatic rings. The number of piperazine rings is 1. The summed E-state index contributed by atoms with van der Waals surface area (Å²) in [6, 6.07) is 14.8. The van der Waals surface area contributed by atoms with Gasteiger partial charge in [-0.05, 0) is 42.4 Å². The van der Waals surface area contributed by atoms with E-state index in [2.05, 4.69) is 74.7 Å². The van der Waals surface area contributed by atoms with Crippen LogP contribution < -0.4 is 10.1 Å². The minimum Gasteiger partial charge on any atom is -0.475 e. The normalized spacial score (nSPS) is 14.8. The van der Waals surface area contributed by atoms with Crippen molar-refractivity contribution in [2.45, 2.75) is 6.54 Å². The lowest BCUT2D eigenvalue weighted by Crippen LogP contribution is -2.43. The lowest BCUT2D eigenvalue weighted by molar-refractivity contribution is 0.144. The summed E-state index contributed by atoms with van der Waals surface area (Å²) in [6.45, 7) is 6.25. The highest BCUT2D eigenvalue weighted by Gasteiger charge is 2.18. The van der Waals surface area contributed by atoms with Gasteiger partial charge in [-0.15, -0.1) is 0 Å². The topological polar surface area (TPSA) is 96.4 Å². The fourth-order valence-corrected chi connectivity index (χ4v) is 5.03. The van der Waals surface area contributed by atoms with E-state index in [9.17, 15) is 0 Å². The molecule has 1 fully saturated rings. The Hall–Kier alpha value is -3.99. The van der Waals surface area contributed by atoms with Crippen molar-refractivity contribution in [1.29, 1.82) is 0 Å². The molecule has 2 aromatic carbocycles. The molecule has 0 spiro atoms. The lowest BCUT2D eigenvalue weighted by atomic mass is 10.0. The predicted octanol–water partition coefficient (Wildman–Crippen LogP) is 4.03. The van der Waals surface area contributed by atoms with Crippen LogP contribution in [0.15, 0.2) is 54.9 Å². The first-order valence-electron chi connectivity index (χ1n) is 13.3. The fraction of sp³-hybridized carbons (Fsp3) is 0.345. The summed E-state index contributed by atoms with van der Waals surface area (Å²) in [6.07, 6.45) is 3.83. The monoisotopic (exact) mass is 526 g/mol. The van der Waals surface area contributed by atoms with E-state index in [4.69, 9.17) is 19.4 Å². The Kier molecular flexibility index (Phi) is 7.14. The van der Waals surface area contributed by atoms with E-state index in [0.29, 0.717) is 30.7 Å². The van der Waals surface area contributed by atoms with Crippen molar-refractivity contribution in [2.75, 3.05) is 58.9 Å². The molecule has 39 heavy (non-hydrogen) atoms. The van der Waals surface area contributed by atoms with Gasteiger partial charge in [0.25, 0.3) is 0 Å². The summed E-state index contributed by atoms with van der Waals surface area (Å²) < 4.78 is 13.2. The number of nitrogens with zero attached hydrogens (tertiary/aromatic N) is 6. The van der Waals surface area contributed by atoms with Crippen LogP contribution >= 0.6 is 0 Å². The highest BCUT2D eigenvalue weighted by Crippen LogP contribution is 2.36. The van der Waals surface area contributed by atoms with E-state index in [1.807, 2.05) is 24.1 Å². The molecule has 0 unspecified atom stereocenters. The van der Waals surface area contributed by atoms with Gasteiger partial charge >= 0.3 is 0 Å². The molecule has 1 aliphatic heterocycles. The second-order valence-electron chi connectivity index (χ2n) is 10.1. The number of ether oxygens (including phenoxy) is 2. The number of likely N-dealkylation sites (N-methyl/N-ethyl adjacent to an activating group) is 1. The zero-order valence-corrected chi connectivity index (χ0v) is 22.6. The van der Waals surface area contributed by atoms with Crippen molar-refractivity contribution in [3.8, 4) is 17.0 Å². The number of nitrogens with one attached hydrogen (secondary N) is 2. The third-order valence-corrected chi connectivity index (χ3v) is 7.29. The summed E-state index contributed by atoms with van der Waals surface area (Å²) in [4.78, 5) is 17.7. The number of benzene rings is 2. The largest absolute Gasteiger partial charge is 0.475 e. The second kappa shape index (κ2) is 11.0. The molecule has 4 heterocycles. The van der Waals surface area contributed by atoms with Crippen LogP contribution in [-0.2, 0) is 18.3 Å². The smallest absolute Gasteiger partial charge is 0.232 e. The van der Waals surface area contributed by atoms with Crippen LogP contribution in [0.25, 0.3) is 33.1 Å². The number of hydrogen-bond acceptors (Lipinski definition) is 8. The first-order valence-corrected chi connectivity index (χ1v) is 13.3. The number of aromatic amines is 1. The van der Waals surface area contributed by atoms with E-state index >= 15 is 0 Å². The molecule has 0 aliphatic carbocycles. The maximum Gasteiger partial charge on any atom is 0.232 e. The molecular weight excluding hydrogens is 492 g/mol. The van der Waals surface area contributed by atoms with Gasteiger partial charge in [0.2, 0.25) is 11.8 Å². The van der Waals surface area contributed by atoms with Crippen LogP contribution in [0.1, 0.15) is 5.56 Å². The molecule has 1 saturated heterocycles. The Labute approximate surface area is 227 Å². The number of methoxy groups -OCH3 is 1. The Balaban J connectivity index is 1.26. The molecule has 6 rings (SSSR count). The molecule has 10 nitrogen and oxygen atoms in total. The number of rotatable bonds is 9. The maximum absolute atomic E-state index is 6.10. The number of fused-ring (bicyclic) bond motifs is 2. The van der Waals surface area contributed by atoms with E-state index in [1.165, 1.54) is 5.56 Å². The second-order valence-corrected chi connectivity index (χ2v) is 10.1. The molecule has 2 N–H and O–H groups in total. The fourth-order valence-electron chi connectivity index (χ4n) is 5.03. The van der Waals surface area contributed by atoms with Crippen molar-refractivity contribution >= 4 is 33.6 Å². The molecule has 0 atom stereocenters. The van der Waals surface area contributed by atoms with Gasteiger partial charge in [-0.2, -0.15) is 15.1 Å². The van der Waals surface area contributed by atoms with E-state index in [-0.39, 0.29) is 0 Å². The van der Waals surface area contributed by atoms with Gasteiger partial charge in [0.15, 0.2) is 0 Å². The summed E-state index contributed by atoms with van der Waals surface area (Å²) in [5.74, 6) is 0.978. The molecule has 0 saturated carbocycles. The van der Waals surface area contributed by atoms with Gasteiger partial charge in [-0.1, -0.05) is 18.2 Å². The molecule has 1 aliphatic rings. The standard InChI is InChI=1S/C29H34N8O2/c1-35-10-12-37(13-11-35)19-20-4-7-23(8-5-20)32-29-33-27-26(28(34-29)39-15-14-38-3)24(18-30-27)21-6-9-25-22(16-21)17-31-36(25)2/h4-9,16-18H,10-15,19H2,1-3H3,(H2,30,32,33,34). The van der Waals surface area contributed by atoms with Crippen molar-refractivity contribution in [1.82, 2.24) is 34.5 Å². The molecule has 0 radical (unpaired) electrons. The number of aromatic nitrogens is 5. The van der Waals surface area contributed by atoms with Gasteiger partial charge < -0.3 is 24.7 Å². The van der Waals surface area contributed by atoms with Crippen LogP contribution in [0.2, 0.25) is 0 Å². The number of aryl methyl sites for hydroxylation is 1. The highest BCUT2D eigenvalue weighted by atomic mass is 16.5. The SMILES string of the molecule is COCCOc1nc(Nc2ccc(CN3CCN(C)CC3)cc2)nc2[nH]cc(-c3ccc4c(cnn4C)c3)c12. The minimum absolute atomic E-state index is 0.384. The summed E-state index contributed by atoms with van der Waals surface area (Å²) in [5.41, 5.74) is 6.01. The van der Waals surface area contributed by atoms with Crippen molar-refractivity contribution < 1.29 is 9.47 Å². The van der Waals surface area contributed by atoms with Crippen LogP contribution in [0.4, 0.5) is 11.6 Å².